The Balaban J connectivity index is 2.36. The Kier molecular flexibility index (Phi) is 3.44. The van der Waals surface area contributed by atoms with E-state index in [0.717, 1.165) is 16.8 Å². The fourth-order valence-electron chi connectivity index (χ4n) is 1.74. The summed E-state index contributed by atoms with van der Waals surface area (Å²) in [7, 11) is 0. The molecule has 2 rings (SSSR count). The average molecular weight is 231 g/mol. The molecule has 0 amide bonds. The van der Waals surface area contributed by atoms with Gasteiger partial charge in [-0.2, -0.15) is 5.10 Å². The van der Waals surface area contributed by atoms with Crippen LogP contribution in [0.2, 0.25) is 0 Å². The van der Waals surface area contributed by atoms with Crippen molar-refractivity contribution in [2.24, 2.45) is 0 Å². The predicted molar refractivity (Wildman–Crippen MR) is 68.5 cm³/mol. The fourth-order valence-corrected chi connectivity index (χ4v) is 1.74. The number of ether oxygens (including phenoxy) is 1. The maximum Gasteiger partial charge on any atom is 0.127 e. The smallest absolute Gasteiger partial charge is 0.127 e. The van der Waals surface area contributed by atoms with E-state index >= 15 is 0 Å². The second-order valence-corrected chi connectivity index (χ2v) is 3.96. The molecule has 17 heavy (non-hydrogen) atoms. The van der Waals surface area contributed by atoms with Gasteiger partial charge in [-0.1, -0.05) is 29.8 Å². The maximum absolute atomic E-state index is 5.91. The highest BCUT2D eigenvalue weighted by molar-refractivity contribution is 5.76. The van der Waals surface area contributed by atoms with E-state index in [1.54, 1.807) is 0 Å². The number of aryl methyl sites for hydroxylation is 1. The summed E-state index contributed by atoms with van der Waals surface area (Å²) in [6.45, 7) is 5.17. The first-order valence-corrected chi connectivity index (χ1v) is 5.70. The molecule has 0 atom stereocenters. The number of nitrogens with zero attached hydrogens (tertiary/aromatic N) is 1. The molecule has 1 aromatic heterocycles. The molecule has 0 spiro atoms. The predicted octanol–water partition coefficient (Wildman–Crippen LogP) is 2.50. The number of hydrogen-bond acceptors (Lipinski definition) is 3. The zero-order chi connectivity index (χ0) is 12.3. The van der Waals surface area contributed by atoms with E-state index in [4.69, 9.17) is 10.5 Å². The van der Waals surface area contributed by atoms with Crippen LogP contribution in [0.5, 0.6) is 0 Å². The van der Waals surface area contributed by atoms with E-state index in [1.165, 1.54) is 5.56 Å². The van der Waals surface area contributed by atoms with Crippen LogP contribution in [0.3, 0.4) is 0 Å². The molecule has 2 aromatic rings. The van der Waals surface area contributed by atoms with Gasteiger partial charge in [0.1, 0.15) is 5.82 Å². The van der Waals surface area contributed by atoms with E-state index in [0.29, 0.717) is 19.0 Å². The molecule has 0 fully saturated rings. The zero-order valence-corrected chi connectivity index (χ0v) is 10.2. The lowest BCUT2D eigenvalue weighted by molar-refractivity contribution is 0.131. The molecule has 0 unspecified atom stereocenters. The van der Waals surface area contributed by atoms with Gasteiger partial charge in [0.25, 0.3) is 0 Å². The first-order chi connectivity index (χ1) is 8.22. The van der Waals surface area contributed by atoms with Gasteiger partial charge in [-0.15, -0.1) is 0 Å². The number of hydrogen-bond donors (Lipinski definition) is 2. The van der Waals surface area contributed by atoms with E-state index < -0.39 is 0 Å². The molecular formula is C13H17N3O. The minimum Gasteiger partial charge on any atom is -0.384 e. The Hall–Kier alpha value is -1.81. The van der Waals surface area contributed by atoms with Gasteiger partial charge in [-0.05, 0) is 19.4 Å². The number of aromatic nitrogens is 2. The normalized spacial score (nSPS) is 10.7. The highest BCUT2D eigenvalue weighted by Gasteiger charge is 2.12. The van der Waals surface area contributed by atoms with E-state index in [9.17, 15) is 0 Å². The van der Waals surface area contributed by atoms with Gasteiger partial charge < -0.3 is 10.5 Å². The molecule has 0 aliphatic heterocycles. The van der Waals surface area contributed by atoms with Gasteiger partial charge in [-0.25, -0.2) is 0 Å². The number of nitrogens with two attached hydrogens (primary N) is 1. The SMILES string of the molecule is CCOCc1n[nH]c(N)c1-c1ccc(C)cc1. The van der Waals surface area contributed by atoms with Crippen molar-refractivity contribution in [3.63, 3.8) is 0 Å². The summed E-state index contributed by atoms with van der Waals surface area (Å²) in [5.41, 5.74) is 10.00. The number of rotatable bonds is 4. The van der Waals surface area contributed by atoms with Crippen LogP contribution in [0.25, 0.3) is 11.1 Å². The summed E-state index contributed by atoms with van der Waals surface area (Å²) in [5.74, 6) is 0.587. The fraction of sp³-hybridized carbons (Fsp3) is 0.308. The molecule has 4 nitrogen and oxygen atoms in total. The Bertz CT molecular complexity index is 488. The van der Waals surface area contributed by atoms with Crippen molar-refractivity contribution in [1.29, 1.82) is 0 Å². The van der Waals surface area contributed by atoms with Crippen molar-refractivity contribution in [2.75, 3.05) is 12.3 Å². The van der Waals surface area contributed by atoms with Crippen LogP contribution in [0.1, 0.15) is 18.2 Å². The first-order valence-electron chi connectivity index (χ1n) is 5.70. The van der Waals surface area contributed by atoms with Gasteiger partial charge >= 0.3 is 0 Å². The molecule has 0 saturated carbocycles. The summed E-state index contributed by atoms with van der Waals surface area (Å²) in [4.78, 5) is 0. The van der Waals surface area contributed by atoms with Crippen LogP contribution in [0, 0.1) is 6.92 Å². The molecule has 0 aliphatic carbocycles. The van der Waals surface area contributed by atoms with Crippen LogP contribution >= 0.6 is 0 Å². The van der Waals surface area contributed by atoms with Crippen molar-refractivity contribution in [2.45, 2.75) is 20.5 Å². The van der Waals surface area contributed by atoms with Crippen LogP contribution in [-0.4, -0.2) is 16.8 Å². The van der Waals surface area contributed by atoms with Crippen LogP contribution in [0.15, 0.2) is 24.3 Å². The summed E-state index contributed by atoms with van der Waals surface area (Å²) >= 11 is 0. The third kappa shape index (κ3) is 2.47. The molecule has 0 radical (unpaired) electrons. The number of nitrogens with one attached hydrogen (secondary N) is 1. The van der Waals surface area contributed by atoms with Crippen LogP contribution < -0.4 is 5.73 Å². The molecule has 3 N–H and O–H groups in total. The minimum atomic E-state index is 0.480. The summed E-state index contributed by atoms with van der Waals surface area (Å²) in [5, 5.41) is 6.98. The monoisotopic (exact) mass is 231 g/mol. The van der Waals surface area contributed by atoms with E-state index in [1.807, 2.05) is 19.1 Å². The quantitative estimate of drug-likeness (QED) is 0.849. The second-order valence-electron chi connectivity index (χ2n) is 3.96. The van der Waals surface area contributed by atoms with Crippen LogP contribution in [-0.2, 0) is 11.3 Å². The lowest BCUT2D eigenvalue weighted by atomic mass is 10.0. The molecule has 90 valence electrons. The van der Waals surface area contributed by atoms with Crippen LogP contribution in [0.4, 0.5) is 5.82 Å². The Morgan fingerprint density at radius 1 is 1.29 bits per heavy atom. The highest BCUT2D eigenvalue weighted by Crippen LogP contribution is 2.28. The Morgan fingerprint density at radius 2 is 2.00 bits per heavy atom. The van der Waals surface area contributed by atoms with Crippen molar-refractivity contribution < 1.29 is 4.74 Å². The molecule has 1 aromatic carbocycles. The second kappa shape index (κ2) is 5.01. The first kappa shape index (κ1) is 11.7. The van der Waals surface area contributed by atoms with Crippen molar-refractivity contribution in [3.05, 3.63) is 35.5 Å². The molecule has 0 saturated heterocycles. The molecular weight excluding hydrogens is 214 g/mol. The van der Waals surface area contributed by atoms with Gasteiger partial charge in [0.2, 0.25) is 0 Å². The van der Waals surface area contributed by atoms with Gasteiger partial charge in [0.05, 0.1) is 12.3 Å². The average Bonchev–Trinajstić information content (AvgIpc) is 2.69. The number of H-pyrrole nitrogens is 1. The maximum atomic E-state index is 5.91. The number of anilines is 1. The lowest BCUT2D eigenvalue weighted by Crippen LogP contribution is -1.95. The van der Waals surface area contributed by atoms with Gasteiger partial charge in [0.15, 0.2) is 0 Å². The lowest BCUT2D eigenvalue weighted by Gasteiger charge is -2.04. The summed E-state index contributed by atoms with van der Waals surface area (Å²) < 4.78 is 5.38. The Morgan fingerprint density at radius 3 is 2.65 bits per heavy atom. The minimum absolute atomic E-state index is 0.480. The summed E-state index contributed by atoms with van der Waals surface area (Å²) in [6.07, 6.45) is 0. The third-order valence-corrected chi connectivity index (χ3v) is 2.65. The van der Waals surface area contributed by atoms with Gasteiger partial charge in [-0.3, -0.25) is 5.10 Å². The number of nitrogen functional groups attached to an aromatic ring is 1. The largest absolute Gasteiger partial charge is 0.384 e. The van der Waals surface area contributed by atoms with Crippen molar-refractivity contribution in [1.82, 2.24) is 10.2 Å². The topological polar surface area (TPSA) is 63.9 Å². The standard InChI is InChI=1S/C13H17N3O/c1-3-17-8-11-12(13(14)16-15-11)10-6-4-9(2)5-7-10/h4-7H,3,8H2,1-2H3,(H3,14,15,16). The molecule has 1 heterocycles. The zero-order valence-electron chi connectivity index (χ0n) is 10.2. The van der Waals surface area contributed by atoms with Gasteiger partial charge in [0, 0.05) is 12.2 Å². The van der Waals surface area contributed by atoms with Crippen molar-refractivity contribution >= 4 is 5.82 Å². The molecule has 0 bridgehead atoms. The highest BCUT2D eigenvalue weighted by atomic mass is 16.5. The van der Waals surface area contributed by atoms with E-state index in [-0.39, 0.29) is 0 Å². The van der Waals surface area contributed by atoms with Crippen molar-refractivity contribution in [3.8, 4) is 11.1 Å². The third-order valence-electron chi connectivity index (χ3n) is 2.65. The summed E-state index contributed by atoms with van der Waals surface area (Å²) in [6, 6.07) is 8.22. The van der Waals surface area contributed by atoms with E-state index in [2.05, 4.69) is 29.3 Å². The Labute approximate surface area is 101 Å². The molecule has 4 heteroatoms. The molecule has 0 aliphatic rings. The number of benzene rings is 1. The number of aromatic amines is 1.